The summed E-state index contributed by atoms with van der Waals surface area (Å²) in [5.74, 6) is 0.0704. The van der Waals surface area contributed by atoms with Gasteiger partial charge in [-0.3, -0.25) is 14.9 Å². The normalized spacial score (nSPS) is 15.0. The molecule has 2 N–H and O–H groups in total. The number of nitrogens with zero attached hydrogens (tertiary/aromatic N) is 2. The fraction of sp³-hybridized carbons (Fsp3) is 0.462. The molecule has 1 heterocycles. The van der Waals surface area contributed by atoms with Gasteiger partial charge in [0.1, 0.15) is 0 Å². The van der Waals surface area contributed by atoms with Crippen LogP contribution in [0.1, 0.15) is 24.8 Å². The summed E-state index contributed by atoms with van der Waals surface area (Å²) in [6.45, 7) is 1.09. The van der Waals surface area contributed by atoms with E-state index in [0.717, 1.165) is 24.1 Å². The molecule has 1 amide bonds. The van der Waals surface area contributed by atoms with Crippen LogP contribution in [0.3, 0.4) is 0 Å². The van der Waals surface area contributed by atoms with Crippen molar-refractivity contribution >= 4 is 17.3 Å². The molecule has 0 aromatic heterocycles. The molecule has 0 saturated heterocycles. The van der Waals surface area contributed by atoms with Crippen LogP contribution < -0.4 is 10.6 Å². The molecule has 2 rings (SSSR count). The highest BCUT2D eigenvalue weighted by Crippen LogP contribution is 2.30. The Morgan fingerprint density at radius 3 is 2.84 bits per heavy atom. The number of nitrogens with two attached hydrogens (primary N) is 1. The molecule has 102 valence electrons. The Hall–Kier alpha value is -1.95. The molecule has 0 bridgehead atoms. The third kappa shape index (κ3) is 2.90. The van der Waals surface area contributed by atoms with Crippen LogP contribution in [0.2, 0.25) is 0 Å². The summed E-state index contributed by atoms with van der Waals surface area (Å²) < 4.78 is 0. The molecule has 1 aromatic carbocycles. The van der Waals surface area contributed by atoms with Crippen LogP contribution in [0.25, 0.3) is 0 Å². The van der Waals surface area contributed by atoms with E-state index in [1.54, 1.807) is 17.0 Å². The van der Waals surface area contributed by atoms with E-state index in [2.05, 4.69) is 0 Å². The highest BCUT2D eigenvalue weighted by Gasteiger charge is 2.23. The lowest BCUT2D eigenvalue weighted by atomic mass is 10.1. The smallest absolute Gasteiger partial charge is 0.269 e. The predicted octanol–water partition coefficient (Wildman–Crippen LogP) is 1.61. The number of nitro groups is 1. The Bertz CT molecular complexity index is 502. The number of aryl methyl sites for hydroxylation is 1. The first kappa shape index (κ1) is 13.5. The van der Waals surface area contributed by atoms with E-state index < -0.39 is 4.92 Å². The summed E-state index contributed by atoms with van der Waals surface area (Å²) in [6, 6.07) is 4.70. The number of hydrogen-bond acceptors (Lipinski definition) is 4. The minimum atomic E-state index is -0.406. The fourth-order valence-electron chi connectivity index (χ4n) is 2.34. The molecule has 1 aromatic rings. The highest BCUT2D eigenvalue weighted by atomic mass is 16.6. The van der Waals surface area contributed by atoms with Gasteiger partial charge in [-0.1, -0.05) is 0 Å². The monoisotopic (exact) mass is 263 g/mol. The number of amides is 1. The van der Waals surface area contributed by atoms with Crippen molar-refractivity contribution in [3.63, 3.8) is 0 Å². The van der Waals surface area contributed by atoms with Crippen molar-refractivity contribution in [3.05, 3.63) is 33.9 Å². The van der Waals surface area contributed by atoms with Gasteiger partial charge in [-0.15, -0.1) is 0 Å². The number of non-ortho nitro benzene ring substituents is 1. The molecule has 1 aliphatic heterocycles. The van der Waals surface area contributed by atoms with Crippen molar-refractivity contribution in [1.82, 2.24) is 0 Å². The average Bonchev–Trinajstić information content (AvgIpc) is 2.54. The van der Waals surface area contributed by atoms with Crippen molar-refractivity contribution < 1.29 is 9.72 Å². The summed E-state index contributed by atoms with van der Waals surface area (Å²) in [7, 11) is 0. The quantitative estimate of drug-likeness (QED) is 0.660. The molecule has 0 spiro atoms. The molecule has 0 unspecified atom stereocenters. The van der Waals surface area contributed by atoms with Crippen molar-refractivity contribution in [2.45, 2.75) is 25.7 Å². The van der Waals surface area contributed by atoms with Gasteiger partial charge in [-0.05, 0) is 37.4 Å². The minimum Gasteiger partial charge on any atom is -0.330 e. The third-order valence-electron chi connectivity index (χ3n) is 3.29. The number of benzene rings is 1. The molecule has 0 fully saturated rings. The number of hydrogen-bond donors (Lipinski definition) is 1. The van der Waals surface area contributed by atoms with Crippen LogP contribution in [0.5, 0.6) is 0 Å². The minimum absolute atomic E-state index is 0.0704. The second kappa shape index (κ2) is 5.79. The van der Waals surface area contributed by atoms with Crippen LogP contribution in [0.4, 0.5) is 11.4 Å². The second-order valence-corrected chi connectivity index (χ2v) is 4.61. The SMILES string of the molecule is NCCCN1C(=O)CCCc2cc([N+](=O)[O-])ccc21. The molecule has 0 atom stereocenters. The first-order valence-electron chi connectivity index (χ1n) is 6.41. The van der Waals surface area contributed by atoms with Gasteiger partial charge in [0.15, 0.2) is 0 Å². The van der Waals surface area contributed by atoms with Gasteiger partial charge in [0.2, 0.25) is 5.91 Å². The molecule has 6 heteroatoms. The summed E-state index contributed by atoms with van der Waals surface area (Å²) in [6.07, 6.45) is 2.63. The number of anilines is 1. The van der Waals surface area contributed by atoms with Gasteiger partial charge < -0.3 is 10.6 Å². The zero-order valence-corrected chi connectivity index (χ0v) is 10.7. The van der Waals surface area contributed by atoms with Crippen LogP contribution >= 0.6 is 0 Å². The molecule has 0 radical (unpaired) electrons. The molecule has 1 aliphatic rings. The molecule has 19 heavy (non-hydrogen) atoms. The van der Waals surface area contributed by atoms with Crippen LogP contribution in [0, 0.1) is 10.1 Å². The van der Waals surface area contributed by atoms with Crippen LogP contribution in [0.15, 0.2) is 18.2 Å². The van der Waals surface area contributed by atoms with Crippen molar-refractivity contribution in [2.75, 3.05) is 18.0 Å². The molecule has 0 aliphatic carbocycles. The number of carbonyl (C=O) groups excluding carboxylic acids is 1. The first-order chi connectivity index (χ1) is 9.13. The topological polar surface area (TPSA) is 89.5 Å². The van der Waals surface area contributed by atoms with E-state index in [-0.39, 0.29) is 11.6 Å². The molecular weight excluding hydrogens is 246 g/mol. The van der Waals surface area contributed by atoms with Gasteiger partial charge in [-0.25, -0.2) is 0 Å². The van der Waals surface area contributed by atoms with Crippen LogP contribution in [-0.4, -0.2) is 23.9 Å². The summed E-state index contributed by atoms with van der Waals surface area (Å²) in [5, 5.41) is 10.8. The highest BCUT2D eigenvalue weighted by molar-refractivity contribution is 5.95. The number of rotatable bonds is 4. The lowest BCUT2D eigenvalue weighted by Gasteiger charge is -2.22. The van der Waals surface area contributed by atoms with Crippen molar-refractivity contribution in [3.8, 4) is 0 Å². The lowest BCUT2D eigenvalue weighted by molar-refractivity contribution is -0.384. The Balaban J connectivity index is 2.37. The van der Waals surface area contributed by atoms with E-state index in [1.165, 1.54) is 6.07 Å². The van der Waals surface area contributed by atoms with Crippen molar-refractivity contribution in [2.24, 2.45) is 5.73 Å². The molecule has 0 saturated carbocycles. The van der Waals surface area contributed by atoms with Gasteiger partial charge in [-0.2, -0.15) is 0 Å². The third-order valence-corrected chi connectivity index (χ3v) is 3.29. The molecule has 6 nitrogen and oxygen atoms in total. The van der Waals surface area contributed by atoms with Gasteiger partial charge in [0, 0.05) is 30.8 Å². The van der Waals surface area contributed by atoms with Gasteiger partial charge >= 0.3 is 0 Å². The van der Waals surface area contributed by atoms with Gasteiger partial charge in [0.25, 0.3) is 5.69 Å². The standard InChI is InChI=1S/C13H17N3O3/c14-7-2-8-15-12-6-5-11(16(18)19)9-10(12)3-1-4-13(15)17/h5-6,9H,1-4,7-8,14H2. The summed E-state index contributed by atoms with van der Waals surface area (Å²) >= 11 is 0. The van der Waals surface area contributed by atoms with E-state index >= 15 is 0 Å². The van der Waals surface area contributed by atoms with Gasteiger partial charge in [0.05, 0.1) is 4.92 Å². The van der Waals surface area contributed by atoms with Crippen LogP contribution in [-0.2, 0) is 11.2 Å². The first-order valence-corrected chi connectivity index (χ1v) is 6.41. The Kier molecular flexibility index (Phi) is 4.11. The van der Waals surface area contributed by atoms with E-state index in [1.807, 2.05) is 0 Å². The second-order valence-electron chi connectivity index (χ2n) is 4.61. The average molecular weight is 263 g/mol. The number of fused-ring (bicyclic) bond motifs is 1. The molecular formula is C13H17N3O3. The Morgan fingerprint density at radius 2 is 2.16 bits per heavy atom. The summed E-state index contributed by atoms with van der Waals surface area (Å²) in [5.41, 5.74) is 7.23. The maximum Gasteiger partial charge on any atom is 0.269 e. The van der Waals surface area contributed by atoms with E-state index in [4.69, 9.17) is 5.73 Å². The zero-order chi connectivity index (χ0) is 13.8. The predicted molar refractivity (Wildman–Crippen MR) is 72.1 cm³/mol. The maximum atomic E-state index is 12.1. The maximum absolute atomic E-state index is 12.1. The van der Waals surface area contributed by atoms with E-state index in [9.17, 15) is 14.9 Å². The number of carbonyl (C=O) groups is 1. The van der Waals surface area contributed by atoms with Crippen molar-refractivity contribution in [1.29, 1.82) is 0 Å². The van der Waals surface area contributed by atoms with E-state index in [0.29, 0.717) is 25.9 Å². The fourth-order valence-corrected chi connectivity index (χ4v) is 2.34. The summed E-state index contributed by atoms with van der Waals surface area (Å²) in [4.78, 5) is 24.2. The Morgan fingerprint density at radius 1 is 1.37 bits per heavy atom. The number of nitro benzene ring substituents is 1. The zero-order valence-electron chi connectivity index (χ0n) is 10.7. The lowest BCUT2D eigenvalue weighted by Crippen LogP contribution is -2.32. The Labute approximate surface area is 111 Å². The largest absolute Gasteiger partial charge is 0.330 e.